The lowest BCUT2D eigenvalue weighted by Crippen LogP contribution is -2.33. The predicted octanol–water partition coefficient (Wildman–Crippen LogP) is -2.09. The first-order chi connectivity index (χ1) is 12.8. The quantitative estimate of drug-likeness (QED) is 0.437. The average Bonchev–Trinajstić information content (AvgIpc) is 3.24. The SMILES string of the molecule is Cc1cn(C2C[C@@H](n3cc(C[C@H](N)C(=O)O)nn3)[C@@H](CO)O2)c(=O)[nH]c1=O. The molecule has 5 N–H and O–H groups in total. The number of carboxylic acids is 1. The van der Waals surface area contributed by atoms with Crippen LogP contribution in [-0.4, -0.2) is 59.5 Å². The van der Waals surface area contributed by atoms with Gasteiger partial charge in [0.2, 0.25) is 0 Å². The fourth-order valence-electron chi connectivity index (χ4n) is 3.01. The molecule has 0 spiro atoms. The van der Waals surface area contributed by atoms with Gasteiger partial charge in [-0.3, -0.25) is 19.1 Å². The van der Waals surface area contributed by atoms with Crippen LogP contribution >= 0.6 is 0 Å². The maximum absolute atomic E-state index is 12.1. The summed E-state index contributed by atoms with van der Waals surface area (Å²) in [7, 11) is 0. The van der Waals surface area contributed by atoms with Crippen molar-refractivity contribution >= 4 is 5.97 Å². The molecule has 4 atom stereocenters. The number of nitrogens with zero attached hydrogens (tertiary/aromatic N) is 4. The summed E-state index contributed by atoms with van der Waals surface area (Å²) < 4.78 is 8.48. The minimum atomic E-state index is -1.14. The highest BCUT2D eigenvalue weighted by molar-refractivity contribution is 5.73. The monoisotopic (exact) mass is 380 g/mol. The van der Waals surface area contributed by atoms with Gasteiger partial charge >= 0.3 is 11.7 Å². The summed E-state index contributed by atoms with van der Waals surface area (Å²) in [5.41, 5.74) is 5.16. The van der Waals surface area contributed by atoms with Crippen LogP contribution in [-0.2, 0) is 16.0 Å². The summed E-state index contributed by atoms with van der Waals surface area (Å²) in [6.45, 7) is 1.25. The first-order valence-electron chi connectivity index (χ1n) is 8.27. The van der Waals surface area contributed by atoms with Gasteiger partial charge in [0.25, 0.3) is 5.56 Å². The average molecular weight is 380 g/mol. The summed E-state index contributed by atoms with van der Waals surface area (Å²) in [5.74, 6) is -1.14. The van der Waals surface area contributed by atoms with E-state index in [0.717, 1.165) is 0 Å². The minimum Gasteiger partial charge on any atom is -0.480 e. The van der Waals surface area contributed by atoms with E-state index < -0.39 is 41.6 Å². The van der Waals surface area contributed by atoms with Crippen LogP contribution in [0.2, 0.25) is 0 Å². The number of aromatic nitrogens is 5. The first kappa shape index (κ1) is 18.9. The Morgan fingerprint density at radius 1 is 1.48 bits per heavy atom. The summed E-state index contributed by atoms with van der Waals surface area (Å²) in [5, 5.41) is 26.4. The van der Waals surface area contributed by atoms with Crippen molar-refractivity contribution in [1.29, 1.82) is 0 Å². The topological polar surface area (TPSA) is 178 Å². The van der Waals surface area contributed by atoms with E-state index in [1.165, 1.54) is 15.4 Å². The zero-order chi connectivity index (χ0) is 19.7. The third-order valence-electron chi connectivity index (χ3n) is 4.48. The van der Waals surface area contributed by atoms with Crippen LogP contribution in [0.4, 0.5) is 0 Å². The Hall–Kier alpha value is -2.83. The number of aliphatic hydroxyl groups excluding tert-OH is 1. The third kappa shape index (κ3) is 3.82. The molecule has 0 saturated carbocycles. The Balaban J connectivity index is 1.82. The molecule has 2 aromatic rings. The van der Waals surface area contributed by atoms with Gasteiger partial charge in [0.1, 0.15) is 18.4 Å². The lowest BCUT2D eigenvalue weighted by molar-refractivity contribution is -0.138. The summed E-state index contributed by atoms with van der Waals surface area (Å²) >= 11 is 0. The van der Waals surface area contributed by atoms with Crippen LogP contribution in [0.5, 0.6) is 0 Å². The molecule has 146 valence electrons. The molecule has 3 heterocycles. The van der Waals surface area contributed by atoms with E-state index >= 15 is 0 Å². The van der Waals surface area contributed by atoms with Crippen LogP contribution in [0.1, 0.15) is 29.9 Å². The Morgan fingerprint density at radius 2 is 2.22 bits per heavy atom. The number of nitrogens with two attached hydrogens (primary N) is 1. The number of aliphatic hydroxyl groups is 1. The largest absolute Gasteiger partial charge is 0.480 e. The van der Waals surface area contributed by atoms with Crippen molar-refractivity contribution in [3.05, 3.63) is 44.5 Å². The number of aliphatic carboxylic acids is 1. The molecule has 1 aliphatic rings. The molecule has 3 rings (SSSR count). The third-order valence-corrected chi connectivity index (χ3v) is 4.48. The van der Waals surface area contributed by atoms with Gasteiger partial charge in [0.05, 0.1) is 18.3 Å². The maximum atomic E-state index is 12.1. The summed E-state index contributed by atoms with van der Waals surface area (Å²) in [6.07, 6.45) is 1.89. The molecule has 1 fully saturated rings. The van der Waals surface area contributed by atoms with Crippen molar-refractivity contribution in [2.75, 3.05) is 6.61 Å². The highest BCUT2D eigenvalue weighted by Crippen LogP contribution is 2.35. The van der Waals surface area contributed by atoms with Crippen molar-refractivity contribution in [3.63, 3.8) is 0 Å². The van der Waals surface area contributed by atoms with Gasteiger partial charge in [-0.25, -0.2) is 9.48 Å². The normalized spacial score (nSPS) is 23.4. The Morgan fingerprint density at radius 3 is 2.89 bits per heavy atom. The number of rotatable bonds is 6. The van der Waals surface area contributed by atoms with E-state index in [9.17, 15) is 19.5 Å². The molecule has 1 aliphatic heterocycles. The molecule has 0 aromatic carbocycles. The number of hydrogen-bond acceptors (Lipinski definition) is 8. The van der Waals surface area contributed by atoms with E-state index in [1.807, 2.05) is 0 Å². The van der Waals surface area contributed by atoms with E-state index in [1.54, 1.807) is 13.1 Å². The Kier molecular flexibility index (Phi) is 5.21. The molecule has 0 amide bonds. The number of aryl methyl sites for hydroxylation is 1. The number of carboxylic acid groups (broad SMARTS) is 1. The van der Waals surface area contributed by atoms with Crippen molar-refractivity contribution in [1.82, 2.24) is 24.5 Å². The standard InChI is InChI=1S/C15H20N6O6/c1-7-4-20(15(26)17-13(7)23)12-3-10(11(6-22)27-12)21-5-8(18-19-21)2-9(16)14(24)25/h4-5,9-12,22H,2-3,6,16H2,1H3,(H,24,25)(H,17,23,26)/t9-,10+,11+,12?/m0/s1. The molecule has 12 heteroatoms. The van der Waals surface area contributed by atoms with Crippen molar-refractivity contribution in [2.24, 2.45) is 5.73 Å². The van der Waals surface area contributed by atoms with Gasteiger partial charge < -0.3 is 20.7 Å². The fourth-order valence-corrected chi connectivity index (χ4v) is 3.01. The van der Waals surface area contributed by atoms with Crippen LogP contribution in [0.25, 0.3) is 0 Å². The second kappa shape index (κ2) is 7.42. The number of hydrogen-bond donors (Lipinski definition) is 4. The van der Waals surface area contributed by atoms with Crippen molar-refractivity contribution in [2.45, 2.75) is 44.2 Å². The molecule has 12 nitrogen and oxygen atoms in total. The number of nitrogens with one attached hydrogen (secondary N) is 1. The predicted molar refractivity (Wildman–Crippen MR) is 90.0 cm³/mol. The molecule has 1 saturated heterocycles. The highest BCUT2D eigenvalue weighted by atomic mass is 16.5. The summed E-state index contributed by atoms with van der Waals surface area (Å²) in [6, 6.07) is -1.53. The van der Waals surface area contributed by atoms with Crippen LogP contribution in [0, 0.1) is 6.92 Å². The van der Waals surface area contributed by atoms with Gasteiger partial charge in [-0.15, -0.1) is 5.10 Å². The van der Waals surface area contributed by atoms with Crippen LogP contribution < -0.4 is 17.0 Å². The second-order valence-electron chi connectivity index (χ2n) is 6.43. The van der Waals surface area contributed by atoms with Gasteiger partial charge in [-0.1, -0.05) is 5.21 Å². The van der Waals surface area contributed by atoms with E-state index in [4.69, 9.17) is 15.6 Å². The smallest absolute Gasteiger partial charge is 0.330 e. The van der Waals surface area contributed by atoms with Crippen molar-refractivity contribution < 1.29 is 19.7 Å². The molecular weight excluding hydrogens is 360 g/mol. The molecule has 0 radical (unpaired) electrons. The van der Waals surface area contributed by atoms with E-state index in [2.05, 4.69) is 15.3 Å². The Bertz CT molecular complexity index is 949. The van der Waals surface area contributed by atoms with Gasteiger partial charge in [0.15, 0.2) is 0 Å². The lowest BCUT2D eigenvalue weighted by Gasteiger charge is -2.15. The van der Waals surface area contributed by atoms with E-state index in [0.29, 0.717) is 17.7 Å². The molecule has 0 aliphatic carbocycles. The molecule has 0 bridgehead atoms. The molecular formula is C15H20N6O6. The van der Waals surface area contributed by atoms with E-state index in [-0.39, 0.29) is 13.0 Å². The number of carbonyl (C=O) groups is 1. The zero-order valence-electron chi connectivity index (χ0n) is 14.5. The van der Waals surface area contributed by atoms with Crippen LogP contribution in [0.3, 0.4) is 0 Å². The van der Waals surface area contributed by atoms with Gasteiger partial charge in [0, 0.05) is 30.8 Å². The number of ether oxygens (including phenoxy) is 1. The number of H-pyrrole nitrogens is 1. The summed E-state index contributed by atoms with van der Waals surface area (Å²) in [4.78, 5) is 36.7. The molecule has 2 aromatic heterocycles. The Labute approximate surface area is 152 Å². The maximum Gasteiger partial charge on any atom is 0.330 e. The second-order valence-corrected chi connectivity index (χ2v) is 6.43. The molecule has 1 unspecified atom stereocenters. The number of aromatic amines is 1. The minimum absolute atomic E-state index is 0.00864. The highest BCUT2D eigenvalue weighted by Gasteiger charge is 2.38. The molecule has 27 heavy (non-hydrogen) atoms. The van der Waals surface area contributed by atoms with Crippen molar-refractivity contribution in [3.8, 4) is 0 Å². The fraction of sp³-hybridized carbons (Fsp3) is 0.533. The van der Waals surface area contributed by atoms with Crippen LogP contribution in [0.15, 0.2) is 22.0 Å². The zero-order valence-corrected chi connectivity index (χ0v) is 14.5. The lowest BCUT2D eigenvalue weighted by atomic mass is 10.1. The van der Waals surface area contributed by atoms with Gasteiger partial charge in [-0.2, -0.15) is 0 Å². The first-order valence-corrected chi connectivity index (χ1v) is 8.27. The van der Waals surface area contributed by atoms with Gasteiger partial charge in [-0.05, 0) is 6.92 Å².